The molecule has 0 bridgehead atoms. The number of hydrogen-bond acceptors (Lipinski definition) is 4. The normalized spacial score (nSPS) is 15.4. The molecule has 0 spiro atoms. The summed E-state index contributed by atoms with van der Waals surface area (Å²) < 4.78 is 1.24. The molecule has 20 heavy (non-hydrogen) atoms. The average Bonchev–Trinajstić information content (AvgIpc) is 2.95. The molecule has 2 aromatic heterocycles. The van der Waals surface area contributed by atoms with E-state index in [0.29, 0.717) is 11.7 Å². The van der Waals surface area contributed by atoms with E-state index >= 15 is 0 Å². The van der Waals surface area contributed by atoms with Gasteiger partial charge in [0.05, 0.1) is 11.9 Å². The lowest BCUT2D eigenvalue weighted by Crippen LogP contribution is -2.20. The lowest BCUT2D eigenvalue weighted by atomic mass is 10.2. The molecular weight excluding hydrogens is 276 g/mol. The van der Waals surface area contributed by atoms with Crippen LogP contribution in [0, 0.1) is 0 Å². The van der Waals surface area contributed by atoms with Gasteiger partial charge in [0.15, 0.2) is 0 Å². The predicted octanol–water partition coefficient (Wildman–Crippen LogP) is 2.64. The molecule has 2 aromatic rings. The van der Waals surface area contributed by atoms with Crippen LogP contribution in [0.1, 0.15) is 25.7 Å². The third kappa shape index (κ3) is 2.82. The van der Waals surface area contributed by atoms with Crippen LogP contribution in [0.2, 0.25) is 5.15 Å². The molecule has 1 aliphatic carbocycles. The topological polar surface area (TPSA) is 59.8 Å². The molecule has 2 heterocycles. The van der Waals surface area contributed by atoms with Crippen molar-refractivity contribution in [1.29, 1.82) is 0 Å². The van der Waals surface area contributed by atoms with Gasteiger partial charge in [0, 0.05) is 12.1 Å². The van der Waals surface area contributed by atoms with Gasteiger partial charge in [0.1, 0.15) is 11.0 Å². The molecule has 0 radical (unpaired) electrons. The summed E-state index contributed by atoms with van der Waals surface area (Å²) in [4.78, 5) is 16.1. The fourth-order valence-corrected chi connectivity index (χ4v) is 2.59. The smallest absolute Gasteiger partial charge is 0.271 e. The van der Waals surface area contributed by atoms with Crippen molar-refractivity contribution in [2.45, 2.75) is 31.7 Å². The van der Waals surface area contributed by atoms with Crippen molar-refractivity contribution in [3.8, 4) is 5.69 Å². The van der Waals surface area contributed by atoms with Crippen LogP contribution in [0.25, 0.3) is 5.69 Å². The molecule has 1 N–H and O–H groups in total. The molecule has 1 fully saturated rings. The molecule has 0 amide bonds. The van der Waals surface area contributed by atoms with E-state index in [9.17, 15) is 4.79 Å². The predicted molar refractivity (Wildman–Crippen MR) is 78.5 cm³/mol. The summed E-state index contributed by atoms with van der Waals surface area (Å²) >= 11 is 5.81. The first-order valence-electron chi connectivity index (χ1n) is 6.71. The average molecular weight is 291 g/mol. The standard InChI is InChI=1S/C14H15ClN4O/c15-12-6-8-14(20)19(18-12)11-5-7-13(16-9-11)17-10-3-1-2-4-10/h5-10H,1-4H2,(H,16,17). The number of nitrogens with zero attached hydrogens (tertiary/aromatic N) is 3. The third-order valence-corrected chi connectivity index (χ3v) is 3.67. The first kappa shape index (κ1) is 13.1. The lowest BCUT2D eigenvalue weighted by molar-refractivity contribution is 0.749. The van der Waals surface area contributed by atoms with Crippen LogP contribution in [0.3, 0.4) is 0 Å². The molecule has 6 heteroatoms. The fourth-order valence-electron chi connectivity index (χ4n) is 2.45. The zero-order chi connectivity index (χ0) is 13.9. The molecule has 1 saturated carbocycles. The summed E-state index contributed by atoms with van der Waals surface area (Å²) in [6.45, 7) is 0. The SMILES string of the molecule is O=c1ccc(Cl)nn1-c1ccc(NC2CCCC2)nc1. The second-order valence-corrected chi connectivity index (χ2v) is 5.32. The van der Waals surface area contributed by atoms with E-state index < -0.39 is 0 Å². The number of rotatable bonds is 3. The Morgan fingerprint density at radius 2 is 2.00 bits per heavy atom. The zero-order valence-corrected chi connectivity index (χ0v) is 11.7. The molecule has 0 unspecified atom stereocenters. The molecule has 0 aromatic carbocycles. The summed E-state index contributed by atoms with van der Waals surface area (Å²) in [5, 5.41) is 7.66. The Kier molecular flexibility index (Phi) is 3.69. The highest BCUT2D eigenvalue weighted by atomic mass is 35.5. The van der Waals surface area contributed by atoms with Gasteiger partial charge in [-0.3, -0.25) is 4.79 Å². The van der Waals surface area contributed by atoms with Crippen LogP contribution >= 0.6 is 11.6 Å². The molecule has 0 saturated heterocycles. The van der Waals surface area contributed by atoms with Gasteiger partial charge in [-0.2, -0.15) is 9.78 Å². The summed E-state index contributed by atoms with van der Waals surface area (Å²) in [7, 11) is 0. The van der Waals surface area contributed by atoms with Crippen molar-refractivity contribution < 1.29 is 0 Å². The number of aromatic nitrogens is 3. The Morgan fingerprint density at radius 3 is 2.70 bits per heavy atom. The number of anilines is 1. The van der Waals surface area contributed by atoms with Crippen LogP contribution in [0.15, 0.2) is 35.3 Å². The molecule has 5 nitrogen and oxygen atoms in total. The van der Waals surface area contributed by atoms with Gasteiger partial charge in [-0.25, -0.2) is 4.98 Å². The molecule has 104 valence electrons. The Morgan fingerprint density at radius 1 is 1.20 bits per heavy atom. The van der Waals surface area contributed by atoms with E-state index in [1.807, 2.05) is 12.1 Å². The van der Waals surface area contributed by atoms with Gasteiger partial charge in [-0.15, -0.1) is 0 Å². The zero-order valence-electron chi connectivity index (χ0n) is 10.9. The second kappa shape index (κ2) is 5.63. The van der Waals surface area contributed by atoms with Crippen molar-refractivity contribution in [2.24, 2.45) is 0 Å². The maximum atomic E-state index is 11.7. The van der Waals surface area contributed by atoms with Crippen LogP contribution < -0.4 is 10.9 Å². The lowest BCUT2D eigenvalue weighted by Gasteiger charge is -2.12. The van der Waals surface area contributed by atoms with E-state index in [0.717, 1.165) is 5.82 Å². The molecule has 0 aliphatic heterocycles. The van der Waals surface area contributed by atoms with E-state index in [-0.39, 0.29) is 10.7 Å². The first-order valence-corrected chi connectivity index (χ1v) is 7.09. The molecule has 0 atom stereocenters. The highest BCUT2D eigenvalue weighted by molar-refractivity contribution is 6.29. The fraction of sp³-hybridized carbons (Fsp3) is 0.357. The number of pyridine rings is 1. The number of nitrogens with one attached hydrogen (secondary N) is 1. The second-order valence-electron chi connectivity index (χ2n) is 4.93. The Labute approximate surface area is 121 Å². The van der Waals surface area contributed by atoms with Crippen LogP contribution in [-0.4, -0.2) is 20.8 Å². The van der Waals surface area contributed by atoms with Crippen LogP contribution in [-0.2, 0) is 0 Å². The minimum atomic E-state index is -0.229. The largest absolute Gasteiger partial charge is 0.367 e. The Hall–Kier alpha value is -1.88. The maximum absolute atomic E-state index is 11.7. The molecule has 3 rings (SSSR count). The molecule has 1 aliphatic rings. The van der Waals surface area contributed by atoms with Crippen LogP contribution in [0.5, 0.6) is 0 Å². The van der Waals surface area contributed by atoms with E-state index in [4.69, 9.17) is 11.6 Å². The summed E-state index contributed by atoms with van der Waals surface area (Å²) in [5.41, 5.74) is 0.377. The van der Waals surface area contributed by atoms with Gasteiger partial charge < -0.3 is 5.32 Å². The van der Waals surface area contributed by atoms with E-state index in [2.05, 4.69) is 15.4 Å². The van der Waals surface area contributed by atoms with Gasteiger partial charge in [0.25, 0.3) is 5.56 Å². The summed E-state index contributed by atoms with van der Waals surface area (Å²) in [5.74, 6) is 0.829. The monoisotopic (exact) mass is 290 g/mol. The van der Waals surface area contributed by atoms with Crippen molar-refractivity contribution in [3.05, 3.63) is 46.0 Å². The third-order valence-electron chi connectivity index (χ3n) is 3.47. The highest BCUT2D eigenvalue weighted by Gasteiger charge is 2.14. The van der Waals surface area contributed by atoms with Gasteiger partial charge in [-0.05, 0) is 31.0 Å². The number of halogens is 1. The van der Waals surface area contributed by atoms with Crippen molar-refractivity contribution >= 4 is 17.4 Å². The minimum absolute atomic E-state index is 0.229. The van der Waals surface area contributed by atoms with Crippen molar-refractivity contribution in [1.82, 2.24) is 14.8 Å². The maximum Gasteiger partial charge on any atom is 0.271 e. The summed E-state index contributed by atoms with van der Waals surface area (Å²) in [6.07, 6.45) is 6.56. The Bertz CT molecular complexity index is 647. The van der Waals surface area contributed by atoms with Crippen molar-refractivity contribution in [2.75, 3.05) is 5.32 Å². The summed E-state index contributed by atoms with van der Waals surface area (Å²) in [6, 6.07) is 7.06. The quantitative estimate of drug-likeness (QED) is 0.944. The first-order chi connectivity index (χ1) is 9.72. The van der Waals surface area contributed by atoms with Crippen LogP contribution in [0.4, 0.5) is 5.82 Å². The van der Waals surface area contributed by atoms with Gasteiger partial charge in [-0.1, -0.05) is 24.4 Å². The Balaban J connectivity index is 1.81. The van der Waals surface area contributed by atoms with Gasteiger partial charge >= 0.3 is 0 Å². The number of hydrogen-bond donors (Lipinski definition) is 1. The minimum Gasteiger partial charge on any atom is -0.367 e. The molecular formula is C14H15ClN4O. The van der Waals surface area contributed by atoms with E-state index in [1.54, 1.807) is 6.20 Å². The van der Waals surface area contributed by atoms with Gasteiger partial charge in [0.2, 0.25) is 0 Å². The van der Waals surface area contributed by atoms with E-state index in [1.165, 1.54) is 42.5 Å². The van der Waals surface area contributed by atoms with Crippen molar-refractivity contribution in [3.63, 3.8) is 0 Å². The highest BCUT2D eigenvalue weighted by Crippen LogP contribution is 2.21.